The van der Waals surface area contributed by atoms with E-state index in [2.05, 4.69) is 26.6 Å². The van der Waals surface area contributed by atoms with Gasteiger partial charge < -0.3 is 31.7 Å². The summed E-state index contributed by atoms with van der Waals surface area (Å²) in [4.78, 5) is 74.1. The number of unbranched alkanes of at least 4 members (excludes halogenated alkanes) is 6. The van der Waals surface area contributed by atoms with Crippen LogP contribution in [-0.2, 0) is 28.8 Å². The van der Waals surface area contributed by atoms with Gasteiger partial charge in [-0.3, -0.25) is 24.0 Å². The highest BCUT2D eigenvalue weighted by atomic mass is 16.4. The molecular formula is C42H73N5O7. The molecule has 0 saturated heterocycles. The van der Waals surface area contributed by atoms with Crippen LogP contribution in [0.5, 0.6) is 0 Å². The minimum absolute atomic E-state index is 0.000359. The zero-order valence-electron chi connectivity index (χ0n) is 33.9. The third-order valence-corrected chi connectivity index (χ3v) is 11.6. The highest BCUT2D eigenvalue weighted by molar-refractivity contribution is 5.90. The Hall–Kier alpha value is -3.18. The Balaban J connectivity index is 1.11. The molecule has 0 aromatic rings. The molecule has 0 heterocycles. The van der Waals surface area contributed by atoms with Crippen LogP contribution in [0.1, 0.15) is 163 Å². The Bertz CT molecular complexity index is 1190. The molecule has 5 amide bonds. The molecule has 4 aliphatic rings. The minimum Gasteiger partial charge on any atom is -0.480 e. The number of carboxylic acid groups (broad SMARTS) is 1. The van der Waals surface area contributed by atoms with Crippen molar-refractivity contribution in [1.82, 2.24) is 26.6 Å². The molecule has 12 nitrogen and oxygen atoms in total. The van der Waals surface area contributed by atoms with Crippen molar-refractivity contribution < 1.29 is 33.9 Å². The predicted molar refractivity (Wildman–Crippen MR) is 210 cm³/mol. The van der Waals surface area contributed by atoms with Crippen molar-refractivity contribution >= 4 is 35.5 Å². The molecule has 2 atom stereocenters. The summed E-state index contributed by atoms with van der Waals surface area (Å²) in [5, 5.41) is 23.9. The lowest BCUT2D eigenvalue weighted by Crippen LogP contribution is -2.52. The standard InChI is InChI=1S/C42H73N5O7/c1-29(2)20-34(40(52)47-35(41(53)54)21-30(3)4)46-38(50)16-10-7-12-18-44-36(48)14-8-5-11-17-43-37(49)15-9-6-13-19-45-39(51)28-42-25-31-22-32(26-42)24-33(23-31)27-42/h29-35H,5-28H2,1-4H3,(H,43,49)(H,44,48)(H,45,51)(H,46,50)(H,47,52)(H,53,54)/t31?,32?,33?,34-,35-,42?/m0/s1. The highest BCUT2D eigenvalue weighted by Crippen LogP contribution is 2.61. The van der Waals surface area contributed by atoms with E-state index in [1.54, 1.807) is 0 Å². The van der Waals surface area contributed by atoms with Crippen LogP contribution in [0, 0.1) is 35.0 Å². The van der Waals surface area contributed by atoms with Gasteiger partial charge in [-0.25, -0.2) is 4.79 Å². The van der Waals surface area contributed by atoms with Crippen LogP contribution in [0.4, 0.5) is 0 Å². The van der Waals surface area contributed by atoms with Gasteiger partial charge in [-0.05, 0) is 125 Å². The van der Waals surface area contributed by atoms with Gasteiger partial charge in [0.1, 0.15) is 12.1 Å². The zero-order valence-corrected chi connectivity index (χ0v) is 33.9. The second-order valence-corrected chi connectivity index (χ2v) is 17.9. The van der Waals surface area contributed by atoms with Gasteiger partial charge in [-0.1, -0.05) is 47.0 Å². The van der Waals surface area contributed by atoms with Crippen LogP contribution in [0.2, 0.25) is 0 Å². The fourth-order valence-electron chi connectivity index (χ4n) is 9.47. The Kier molecular flexibility index (Phi) is 19.8. The number of carbonyl (C=O) groups is 6. The summed E-state index contributed by atoms with van der Waals surface area (Å²) in [5.41, 5.74) is 0.281. The van der Waals surface area contributed by atoms with E-state index in [1.807, 2.05) is 27.7 Å². The summed E-state index contributed by atoms with van der Waals surface area (Å²) in [6.45, 7) is 9.51. The molecule has 0 aliphatic heterocycles. The van der Waals surface area contributed by atoms with Gasteiger partial charge in [-0.2, -0.15) is 0 Å². The topological polar surface area (TPSA) is 183 Å². The molecule has 4 rings (SSSR count). The second kappa shape index (κ2) is 23.7. The molecule has 0 aromatic carbocycles. The molecule has 4 saturated carbocycles. The minimum atomic E-state index is -1.09. The van der Waals surface area contributed by atoms with Crippen LogP contribution in [0.25, 0.3) is 0 Å². The maximum atomic E-state index is 12.8. The second-order valence-electron chi connectivity index (χ2n) is 17.9. The van der Waals surface area contributed by atoms with Crippen molar-refractivity contribution in [3.8, 4) is 0 Å². The number of rotatable bonds is 28. The summed E-state index contributed by atoms with van der Waals surface area (Å²) < 4.78 is 0. The highest BCUT2D eigenvalue weighted by Gasteiger charge is 2.51. The Morgan fingerprint density at radius 1 is 0.537 bits per heavy atom. The Morgan fingerprint density at radius 2 is 0.944 bits per heavy atom. The fraction of sp³-hybridized carbons (Fsp3) is 0.857. The maximum Gasteiger partial charge on any atom is 0.326 e. The van der Waals surface area contributed by atoms with Crippen LogP contribution in [0.15, 0.2) is 0 Å². The van der Waals surface area contributed by atoms with Crippen LogP contribution in [0.3, 0.4) is 0 Å². The number of amides is 5. The average molecular weight is 760 g/mol. The molecule has 4 fully saturated rings. The monoisotopic (exact) mass is 760 g/mol. The van der Waals surface area contributed by atoms with E-state index < -0.39 is 24.0 Å². The van der Waals surface area contributed by atoms with E-state index in [4.69, 9.17) is 0 Å². The van der Waals surface area contributed by atoms with Gasteiger partial charge in [0.2, 0.25) is 29.5 Å². The van der Waals surface area contributed by atoms with E-state index in [1.165, 1.54) is 38.5 Å². The smallest absolute Gasteiger partial charge is 0.326 e. The molecular weight excluding hydrogens is 686 g/mol. The maximum absolute atomic E-state index is 12.8. The molecule has 0 aromatic heterocycles. The van der Waals surface area contributed by atoms with Crippen molar-refractivity contribution in [2.45, 2.75) is 175 Å². The number of hydrogen-bond donors (Lipinski definition) is 6. The first-order valence-corrected chi connectivity index (χ1v) is 21.4. The lowest BCUT2D eigenvalue weighted by atomic mass is 9.49. The molecule has 308 valence electrons. The van der Waals surface area contributed by atoms with Crippen molar-refractivity contribution in [3.63, 3.8) is 0 Å². The van der Waals surface area contributed by atoms with Crippen LogP contribution in [-0.4, -0.2) is 72.3 Å². The fourth-order valence-corrected chi connectivity index (χ4v) is 9.47. The molecule has 0 spiro atoms. The van der Waals surface area contributed by atoms with Crippen molar-refractivity contribution in [2.75, 3.05) is 19.6 Å². The van der Waals surface area contributed by atoms with E-state index in [0.717, 1.165) is 69.1 Å². The molecule has 0 radical (unpaired) electrons. The van der Waals surface area contributed by atoms with Gasteiger partial charge in [0.15, 0.2) is 0 Å². The third kappa shape index (κ3) is 17.5. The van der Waals surface area contributed by atoms with E-state index in [9.17, 15) is 33.9 Å². The van der Waals surface area contributed by atoms with Gasteiger partial charge in [0, 0.05) is 45.3 Å². The predicted octanol–water partition coefficient (Wildman–Crippen LogP) is 5.77. The molecule has 54 heavy (non-hydrogen) atoms. The molecule has 0 unspecified atom stereocenters. The lowest BCUT2D eigenvalue weighted by Gasteiger charge is -2.56. The van der Waals surface area contributed by atoms with E-state index in [-0.39, 0.29) is 47.3 Å². The Labute approximate surface area is 324 Å². The quantitative estimate of drug-likeness (QED) is 0.0548. The average Bonchev–Trinajstić information content (AvgIpc) is 3.07. The van der Waals surface area contributed by atoms with Crippen LogP contribution >= 0.6 is 0 Å². The van der Waals surface area contributed by atoms with Gasteiger partial charge in [0.05, 0.1) is 0 Å². The Morgan fingerprint density at radius 3 is 1.37 bits per heavy atom. The van der Waals surface area contributed by atoms with E-state index >= 15 is 0 Å². The van der Waals surface area contributed by atoms with Crippen molar-refractivity contribution in [3.05, 3.63) is 0 Å². The summed E-state index contributed by atoms with van der Waals surface area (Å²) in [7, 11) is 0. The first kappa shape index (κ1) is 45.2. The van der Waals surface area contributed by atoms with E-state index in [0.29, 0.717) is 58.2 Å². The number of carbonyl (C=O) groups excluding carboxylic acids is 5. The zero-order chi connectivity index (χ0) is 39.5. The number of aliphatic carboxylic acids is 1. The number of hydrogen-bond acceptors (Lipinski definition) is 6. The largest absolute Gasteiger partial charge is 0.480 e. The van der Waals surface area contributed by atoms with Gasteiger partial charge in [-0.15, -0.1) is 0 Å². The summed E-state index contributed by atoms with van der Waals surface area (Å²) >= 11 is 0. The number of carboxylic acids is 1. The summed E-state index contributed by atoms with van der Waals surface area (Å²) in [6.07, 6.45) is 17.8. The van der Waals surface area contributed by atoms with Gasteiger partial charge >= 0.3 is 5.97 Å². The van der Waals surface area contributed by atoms with Crippen molar-refractivity contribution in [2.24, 2.45) is 35.0 Å². The lowest BCUT2D eigenvalue weighted by molar-refractivity contribution is -0.142. The van der Waals surface area contributed by atoms with Gasteiger partial charge in [0.25, 0.3) is 0 Å². The SMILES string of the molecule is CC(C)C[C@H](NC(=O)[C@H](CC(C)C)NC(=O)CCCCCNC(=O)CCCCCNC(=O)CCCCCNC(=O)CC12CC3CC(CC(C3)C1)C2)C(=O)O. The van der Waals surface area contributed by atoms with Crippen molar-refractivity contribution in [1.29, 1.82) is 0 Å². The molecule has 6 N–H and O–H groups in total. The molecule has 4 aliphatic carbocycles. The summed E-state index contributed by atoms with van der Waals surface area (Å²) in [5.74, 6) is 1.30. The molecule has 4 bridgehead atoms. The third-order valence-electron chi connectivity index (χ3n) is 11.6. The van der Waals surface area contributed by atoms with Crippen LogP contribution < -0.4 is 26.6 Å². The first-order chi connectivity index (χ1) is 25.7. The number of nitrogens with one attached hydrogen (secondary N) is 5. The summed E-state index contributed by atoms with van der Waals surface area (Å²) in [6, 6.07) is -1.78. The first-order valence-electron chi connectivity index (χ1n) is 21.4. The molecule has 12 heteroatoms. The normalized spacial score (nSPS) is 22.4.